The van der Waals surface area contributed by atoms with E-state index in [0.717, 1.165) is 22.4 Å². The Labute approximate surface area is 197 Å². The number of benzene rings is 3. The van der Waals surface area contributed by atoms with E-state index in [2.05, 4.69) is 15.8 Å². The minimum absolute atomic E-state index is 0.00246. The van der Waals surface area contributed by atoms with Gasteiger partial charge in [-0.3, -0.25) is 14.9 Å². The molecule has 9 nitrogen and oxygen atoms in total. The number of nitro groups is 1. The van der Waals surface area contributed by atoms with Crippen molar-refractivity contribution in [1.29, 1.82) is 0 Å². The highest BCUT2D eigenvalue weighted by Crippen LogP contribution is 2.34. The number of methoxy groups -OCH3 is 1. The molecule has 0 atom stereocenters. The van der Waals surface area contributed by atoms with Crippen LogP contribution in [0.15, 0.2) is 65.8 Å². The molecule has 0 aliphatic heterocycles. The van der Waals surface area contributed by atoms with Crippen molar-refractivity contribution in [1.82, 2.24) is 5.43 Å². The van der Waals surface area contributed by atoms with Crippen molar-refractivity contribution in [2.45, 2.75) is 20.5 Å². The van der Waals surface area contributed by atoms with E-state index in [1.807, 2.05) is 62.4 Å². The Bertz CT molecular complexity index is 1200. The van der Waals surface area contributed by atoms with Crippen molar-refractivity contribution in [2.24, 2.45) is 5.10 Å². The van der Waals surface area contributed by atoms with Crippen LogP contribution in [-0.2, 0) is 11.4 Å². The second-order valence-corrected chi connectivity index (χ2v) is 7.54. The van der Waals surface area contributed by atoms with Crippen molar-refractivity contribution in [3.05, 3.63) is 93.0 Å². The maximum Gasteiger partial charge on any atom is 0.282 e. The zero-order valence-electron chi connectivity index (χ0n) is 19.2. The summed E-state index contributed by atoms with van der Waals surface area (Å²) in [5, 5.41) is 18.5. The highest BCUT2D eigenvalue weighted by Gasteiger charge is 2.19. The first-order valence-corrected chi connectivity index (χ1v) is 10.5. The summed E-state index contributed by atoms with van der Waals surface area (Å²) in [6, 6.07) is 18.0. The van der Waals surface area contributed by atoms with Gasteiger partial charge in [-0.25, -0.2) is 5.43 Å². The highest BCUT2D eigenvalue weighted by molar-refractivity contribution is 5.88. The number of hydrogen-bond donors (Lipinski definition) is 2. The fraction of sp³-hybridized carbons (Fsp3) is 0.200. The number of hydrazone groups is 1. The summed E-state index contributed by atoms with van der Waals surface area (Å²) in [6.07, 6.45) is 1.20. The number of amides is 1. The predicted molar refractivity (Wildman–Crippen MR) is 131 cm³/mol. The molecule has 0 heterocycles. The molecule has 0 saturated heterocycles. The molecule has 0 saturated carbocycles. The second kappa shape index (κ2) is 11.5. The molecule has 3 aromatic carbocycles. The van der Waals surface area contributed by atoms with Crippen LogP contribution in [0.1, 0.15) is 22.3 Å². The smallest absolute Gasteiger partial charge is 0.282 e. The maximum absolute atomic E-state index is 12.1. The molecule has 0 aliphatic carbocycles. The van der Waals surface area contributed by atoms with Gasteiger partial charge in [-0.2, -0.15) is 5.10 Å². The monoisotopic (exact) mass is 462 g/mol. The Morgan fingerprint density at radius 2 is 1.82 bits per heavy atom. The predicted octanol–water partition coefficient (Wildman–Crippen LogP) is 4.36. The van der Waals surface area contributed by atoms with Crippen LogP contribution in [0.25, 0.3) is 0 Å². The van der Waals surface area contributed by atoms with Crippen molar-refractivity contribution >= 4 is 23.5 Å². The normalized spacial score (nSPS) is 10.7. The van der Waals surface area contributed by atoms with Crippen molar-refractivity contribution < 1.29 is 19.2 Å². The van der Waals surface area contributed by atoms with Gasteiger partial charge in [-0.15, -0.1) is 0 Å². The summed E-state index contributed by atoms with van der Waals surface area (Å²) < 4.78 is 11.1. The molecule has 176 valence electrons. The number of nitro benzene ring substituents is 1. The zero-order chi connectivity index (χ0) is 24.5. The van der Waals surface area contributed by atoms with E-state index in [4.69, 9.17) is 9.47 Å². The molecule has 34 heavy (non-hydrogen) atoms. The van der Waals surface area contributed by atoms with Gasteiger partial charge in [-0.1, -0.05) is 36.4 Å². The first kappa shape index (κ1) is 24.2. The summed E-state index contributed by atoms with van der Waals surface area (Å²) in [5.74, 6) is 0.148. The Morgan fingerprint density at radius 1 is 1.06 bits per heavy atom. The number of hydrogen-bond acceptors (Lipinski definition) is 7. The van der Waals surface area contributed by atoms with E-state index in [-0.39, 0.29) is 30.2 Å². The summed E-state index contributed by atoms with van der Waals surface area (Å²) in [4.78, 5) is 23.2. The van der Waals surface area contributed by atoms with Gasteiger partial charge in [0.15, 0.2) is 11.5 Å². The van der Waals surface area contributed by atoms with Gasteiger partial charge in [0.05, 0.1) is 36.4 Å². The topological polar surface area (TPSA) is 115 Å². The van der Waals surface area contributed by atoms with Crippen LogP contribution in [0, 0.1) is 24.0 Å². The number of nitrogens with zero attached hydrogens (tertiary/aromatic N) is 2. The summed E-state index contributed by atoms with van der Waals surface area (Å²) in [7, 11) is 1.44. The lowest BCUT2D eigenvalue weighted by atomic mass is 10.1. The van der Waals surface area contributed by atoms with Gasteiger partial charge in [0.1, 0.15) is 6.61 Å². The molecule has 3 rings (SSSR count). The lowest BCUT2D eigenvalue weighted by molar-refractivity contribution is -0.385. The van der Waals surface area contributed by atoms with Gasteiger partial charge in [0.25, 0.3) is 11.6 Å². The largest absolute Gasteiger partial charge is 0.493 e. The average molecular weight is 463 g/mol. The number of carbonyl (C=O) groups excluding carboxylic acids is 1. The van der Waals surface area contributed by atoms with Gasteiger partial charge < -0.3 is 14.8 Å². The third kappa shape index (κ3) is 6.55. The van der Waals surface area contributed by atoms with Crippen molar-refractivity contribution in [3.63, 3.8) is 0 Å². The highest BCUT2D eigenvalue weighted by atomic mass is 16.6. The van der Waals surface area contributed by atoms with Crippen LogP contribution in [0.5, 0.6) is 11.5 Å². The molecule has 0 bridgehead atoms. The third-order valence-electron chi connectivity index (χ3n) is 5.10. The van der Waals surface area contributed by atoms with Crippen LogP contribution < -0.4 is 20.2 Å². The van der Waals surface area contributed by atoms with E-state index >= 15 is 0 Å². The molecule has 1 amide bonds. The third-order valence-corrected chi connectivity index (χ3v) is 5.10. The van der Waals surface area contributed by atoms with Gasteiger partial charge >= 0.3 is 0 Å². The quantitative estimate of drug-likeness (QED) is 0.263. The Hall–Kier alpha value is -4.40. The summed E-state index contributed by atoms with van der Waals surface area (Å²) >= 11 is 0. The van der Waals surface area contributed by atoms with Crippen LogP contribution in [0.2, 0.25) is 0 Å². The minimum Gasteiger partial charge on any atom is -0.493 e. The Kier molecular flexibility index (Phi) is 8.17. The molecular weight excluding hydrogens is 436 g/mol. The zero-order valence-corrected chi connectivity index (χ0v) is 19.2. The molecular formula is C25H26N4O5. The van der Waals surface area contributed by atoms with Crippen LogP contribution >= 0.6 is 0 Å². The SMILES string of the molecule is COc1cc(/C=N/NC(=O)CNc2ccc(C)c(C)c2)c([N+](=O)[O-])cc1OCc1ccccc1. The maximum atomic E-state index is 12.1. The molecule has 0 unspecified atom stereocenters. The number of aryl methyl sites for hydroxylation is 2. The number of ether oxygens (including phenoxy) is 2. The van der Waals surface area contributed by atoms with Crippen molar-refractivity contribution in [3.8, 4) is 11.5 Å². The number of nitrogens with one attached hydrogen (secondary N) is 2. The second-order valence-electron chi connectivity index (χ2n) is 7.54. The van der Waals surface area contributed by atoms with Gasteiger partial charge in [0.2, 0.25) is 0 Å². The summed E-state index contributed by atoms with van der Waals surface area (Å²) in [6.45, 7) is 4.23. The minimum atomic E-state index is -0.542. The molecule has 0 spiro atoms. The van der Waals surface area contributed by atoms with E-state index < -0.39 is 10.8 Å². The van der Waals surface area contributed by atoms with Crippen LogP contribution in [0.3, 0.4) is 0 Å². The molecule has 0 radical (unpaired) electrons. The van der Waals surface area contributed by atoms with E-state index in [1.165, 1.54) is 25.5 Å². The summed E-state index contributed by atoms with van der Waals surface area (Å²) in [5.41, 5.74) is 6.30. The fourth-order valence-corrected chi connectivity index (χ4v) is 3.08. The molecule has 0 aliphatic rings. The van der Waals surface area contributed by atoms with Crippen LogP contribution in [-0.4, -0.2) is 30.7 Å². The lowest BCUT2D eigenvalue weighted by Crippen LogP contribution is -2.25. The molecule has 3 aromatic rings. The van der Waals surface area contributed by atoms with E-state index in [9.17, 15) is 14.9 Å². The first-order valence-electron chi connectivity index (χ1n) is 10.5. The van der Waals surface area contributed by atoms with E-state index in [0.29, 0.717) is 5.75 Å². The van der Waals surface area contributed by atoms with Crippen LogP contribution in [0.4, 0.5) is 11.4 Å². The first-order chi connectivity index (χ1) is 16.4. The van der Waals surface area contributed by atoms with E-state index in [1.54, 1.807) is 0 Å². The number of rotatable bonds is 10. The molecule has 0 fully saturated rings. The molecule has 9 heteroatoms. The Morgan fingerprint density at radius 3 is 2.50 bits per heavy atom. The standard InChI is InChI=1S/C25H26N4O5/c1-17-9-10-21(11-18(17)2)26-15-25(30)28-27-14-20-12-23(33-3)24(13-22(20)29(31)32)34-16-19-7-5-4-6-8-19/h4-14,26H,15-16H2,1-3H3,(H,28,30)/b27-14+. The van der Waals surface area contributed by atoms with Gasteiger partial charge in [-0.05, 0) is 48.7 Å². The number of anilines is 1. The average Bonchev–Trinajstić information content (AvgIpc) is 2.84. The molecule has 2 N–H and O–H groups in total. The fourth-order valence-electron chi connectivity index (χ4n) is 3.08. The molecule has 0 aromatic heterocycles. The number of carbonyl (C=O) groups is 1. The Balaban J connectivity index is 1.66. The lowest BCUT2D eigenvalue weighted by Gasteiger charge is -2.12. The van der Waals surface area contributed by atoms with Crippen molar-refractivity contribution in [2.75, 3.05) is 19.0 Å². The van der Waals surface area contributed by atoms with Gasteiger partial charge in [0, 0.05) is 5.69 Å².